The van der Waals surface area contributed by atoms with Gasteiger partial charge in [-0.05, 0) is 40.3 Å². The van der Waals surface area contributed by atoms with Gasteiger partial charge in [0, 0.05) is 11.1 Å². The fourth-order valence-corrected chi connectivity index (χ4v) is 4.21. The first-order chi connectivity index (χ1) is 16.7. The molecule has 1 saturated heterocycles. The molecule has 0 bridgehead atoms. The molecule has 0 spiro atoms. The van der Waals surface area contributed by atoms with Crippen molar-refractivity contribution in [3.8, 4) is 39.1 Å². The molecule has 1 heterocycles. The minimum absolute atomic E-state index is 0.238. The first-order valence-corrected chi connectivity index (χ1v) is 12.0. The smallest absolute Gasteiger partial charge is 0.124 e. The number of aromatic hydroxyl groups is 1. The van der Waals surface area contributed by atoms with Crippen LogP contribution in [0.25, 0.3) is 39.5 Å². The number of hydrogen-bond donors (Lipinski definition) is 1. The third kappa shape index (κ3) is 5.65. The zero-order valence-corrected chi connectivity index (χ0v) is 19.8. The highest BCUT2D eigenvalue weighted by Gasteiger charge is 2.21. The Morgan fingerprint density at radius 2 is 1.32 bits per heavy atom. The molecule has 1 N–H and O–H groups in total. The van der Waals surface area contributed by atoms with Gasteiger partial charge in [0.05, 0.1) is 12.7 Å². The van der Waals surface area contributed by atoms with Gasteiger partial charge < -0.3 is 9.84 Å². The van der Waals surface area contributed by atoms with E-state index in [9.17, 15) is 5.11 Å². The van der Waals surface area contributed by atoms with E-state index >= 15 is 0 Å². The van der Waals surface area contributed by atoms with Gasteiger partial charge in [-0.1, -0.05) is 123 Å². The number of rotatable bonds is 7. The Morgan fingerprint density at radius 3 is 1.79 bits per heavy atom. The summed E-state index contributed by atoms with van der Waals surface area (Å²) < 4.78 is 5.01. The van der Waals surface area contributed by atoms with Gasteiger partial charge in [-0.15, -0.1) is 0 Å². The summed E-state index contributed by atoms with van der Waals surface area (Å²) in [7, 11) is 0. The van der Waals surface area contributed by atoms with Crippen LogP contribution in [0, 0.1) is 0 Å². The van der Waals surface area contributed by atoms with Gasteiger partial charge in [0.2, 0.25) is 0 Å². The van der Waals surface area contributed by atoms with E-state index in [0.717, 1.165) is 45.6 Å². The molecular formula is C32H32O2. The van der Waals surface area contributed by atoms with Crippen LogP contribution in [0.4, 0.5) is 0 Å². The number of unbranched alkanes of at least 4 members (excludes halogenated alkanes) is 1. The molecule has 5 rings (SSSR count). The molecule has 2 heteroatoms. The van der Waals surface area contributed by atoms with Crippen LogP contribution in [-0.4, -0.2) is 17.8 Å². The minimum Gasteiger partial charge on any atom is -0.507 e. The van der Waals surface area contributed by atoms with Gasteiger partial charge in [0.1, 0.15) is 5.75 Å². The Hall–Kier alpha value is -3.62. The Morgan fingerprint density at radius 1 is 0.824 bits per heavy atom. The van der Waals surface area contributed by atoms with E-state index in [1.165, 1.54) is 19.3 Å². The molecule has 4 aromatic carbocycles. The normalized spacial score (nSPS) is 14.1. The quantitative estimate of drug-likeness (QED) is 0.287. The molecule has 0 aromatic heterocycles. The first-order valence-electron chi connectivity index (χ1n) is 12.0. The van der Waals surface area contributed by atoms with Crippen molar-refractivity contribution >= 4 is 6.08 Å². The second-order valence-electron chi connectivity index (χ2n) is 8.51. The van der Waals surface area contributed by atoms with Crippen LogP contribution >= 0.6 is 0 Å². The summed E-state index contributed by atoms with van der Waals surface area (Å²) in [5.41, 5.74) is 7.08. The maximum Gasteiger partial charge on any atom is 0.124 e. The van der Waals surface area contributed by atoms with Crippen LogP contribution in [0.2, 0.25) is 0 Å². The van der Waals surface area contributed by atoms with Crippen LogP contribution in [-0.2, 0) is 4.74 Å². The van der Waals surface area contributed by atoms with Crippen molar-refractivity contribution in [1.29, 1.82) is 0 Å². The number of hydrogen-bond acceptors (Lipinski definition) is 2. The average Bonchev–Trinajstić information content (AvgIpc) is 3.73. The second kappa shape index (κ2) is 11.5. The average molecular weight is 449 g/mol. The Kier molecular flexibility index (Phi) is 7.95. The zero-order chi connectivity index (χ0) is 23.8. The summed E-state index contributed by atoms with van der Waals surface area (Å²) in [6.45, 7) is 7.19. The van der Waals surface area contributed by atoms with Crippen LogP contribution in [0.3, 0.4) is 0 Å². The van der Waals surface area contributed by atoms with E-state index in [-0.39, 0.29) is 5.75 Å². The molecule has 1 aliphatic rings. The topological polar surface area (TPSA) is 32.8 Å². The highest BCUT2D eigenvalue weighted by atomic mass is 16.6. The molecular weight excluding hydrogens is 416 g/mol. The molecule has 0 radical (unpaired) electrons. The highest BCUT2D eigenvalue weighted by molar-refractivity contribution is 5.99. The lowest BCUT2D eigenvalue weighted by Crippen LogP contribution is -1.94. The number of phenolic OH excluding ortho intramolecular Hbond substituents is 1. The van der Waals surface area contributed by atoms with Crippen LogP contribution < -0.4 is 0 Å². The predicted octanol–water partition coefficient (Wildman–Crippen LogP) is 8.61. The number of benzene rings is 4. The molecule has 4 aromatic rings. The fraction of sp³-hybridized carbons (Fsp3) is 0.188. The third-order valence-electron chi connectivity index (χ3n) is 6.04. The molecule has 1 unspecified atom stereocenters. The van der Waals surface area contributed by atoms with E-state index in [2.05, 4.69) is 49.9 Å². The van der Waals surface area contributed by atoms with E-state index in [4.69, 9.17) is 4.74 Å². The summed E-state index contributed by atoms with van der Waals surface area (Å²) in [6.07, 6.45) is 6.32. The van der Waals surface area contributed by atoms with Crippen molar-refractivity contribution in [2.75, 3.05) is 6.61 Å². The van der Waals surface area contributed by atoms with Crippen LogP contribution in [0.15, 0.2) is 104 Å². The zero-order valence-electron chi connectivity index (χ0n) is 19.8. The van der Waals surface area contributed by atoms with Crippen molar-refractivity contribution in [3.05, 3.63) is 109 Å². The fourth-order valence-electron chi connectivity index (χ4n) is 4.21. The van der Waals surface area contributed by atoms with Crippen molar-refractivity contribution in [1.82, 2.24) is 0 Å². The van der Waals surface area contributed by atoms with Crippen molar-refractivity contribution in [2.45, 2.75) is 32.3 Å². The molecule has 1 atom stereocenters. The van der Waals surface area contributed by atoms with Gasteiger partial charge in [0.25, 0.3) is 0 Å². The van der Waals surface area contributed by atoms with Crippen molar-refractivity contribution in [2.24, 2.45) is 0 Å². The Labute approximate surface area is 203 Å². The Balaban J connectivity index is 0.000000336. The third-order valence-corrected chi connectivity index (χ3v) is 6.04. The van der Waals surface area contributed by atoms with Gasteiger partial charge >= 0.3 is 0 Å². The van der Waals surface area contributed by atoms with E-state index in [1.54, 1.807) is 6.08 Å². The van der Waals surface area contributed by atoms with Gasteiger partial charge in [-0.2, -0.15) is 0 Å². The second-order valence-corrected chi connectivity index (χ2v) is 8.51. The summed E-state index contributed by atoms with van der Waals surface area (Å²) in [4.78, 5) is 0. The van der Waals surface area contributed by atoms with E-state index in [0.29, 0.717) is 6.10 Å². The summed E-state index contributed by atoms with van der Waals surface area (Å²) in [5.74, 6) is 0.238. The molecule has 1 fully saturated rings. The van der Waals surface area contributed by atoms with Crippen molar-refractivity contribution < 1.29 is 9.84 Å². The maximum absolute atomic E-state index is 10.8. The lowest BCUT2D eigenvalue weighted by Gasteiger charge is -2.20. The number of ether oxygens (including phenoxy) is 1. The summed E-state index contributed by atoms with van der Waals surface area (Å²) in [6, 6.07) is 32.5. The summed E-state index contributed by atoms with van der Waals surface area (Å²) >= 11 is 0. The van der Waals surface area contributed by atoms with E-state index < -0.39 is 0 Å². The lowest BCUT2D eigenvalue weighted by molar-refractivity contribution is 0.391. The largest absolute Gasteiger partial charge is 0.507 e. The number of phenols is 1. The van der Waals surface area contributed by atoms with Crippen molar-refractivity contribution in [3.63, 3.8) is 0 Å². The predicted molar refractivity (Wildman–Crippen MR) is 144 cm³/mol. The molecule has 172 valence electrons. The van der Waals surface area contributed by atoms with Crippen LogP contribution in [0.1, 0.15) is 31.7 Å². The molecule has 1 aliphatic heterocycles. The lowest BCUT2D eigenvalue weighted by atomic mass is 9.84. The molecule has 34 heavy (non-hydrogen) atoms. The SMILES string of the molecule is C=Cc1c(O)cc(-c2ccccc2)c(-c2ccccc2)c1-c1ccccc1.CCCCC1CO1. The molecule has 0 aliphatic carbocycles. The Bertz CT molecular complexity index is 1190. The van der Waals surface area contributed by atoms with Gasteiger partial charge in [0.15, 0.2) is 0 Å². The molecule has 2 nitrogen and oxygen atoms in total. The van der Waals surface area contributed by atoms with Crippen LogP contribution in [0.5, 0.6) is 5.75 Å². The first kappa shape index (κ1) is 23.5. The van der Waals surface area contributed by atoms with Gasteiger partial charge in [-0.25, -0.2) is 0 Å². The molecule has 0 saturated carbocycles. The highest BCUT2D eigenvalue weighted by Crippen LogP contribution is 2.46. The number of epoxide rings is 1. The van der Waals surface area contributed by atoms with Gasteiger partial charge in [-0.3, -0.25) is 0 Å². The monoisotopic (exact) mass is 448 g/mol. The standard InChI is InChI=1S/C26H20O.C6H12O/c1-2-22-24(27)18-23(19-12-6-3-7-13-19)26(21-16-10-5-11-17-21)25(22)20-14-8-4-9-15-20;1-2-3-4-6-5-7-6/h2-18,27H,1H2;6H,2-5H2,1H3. The minimum atomic E-state index is 0.238. The molecule has 0 amide bonds. The summed E-state index contributed by atoms with van der Waals surface area (Å²) in [5, 5.41) is 10.8. The maximum atomic E-state index is 10.8. The van der Waals surface area contributed by atoms with E-state index in [1.807, 2.05) is 60.7 Å².